The van der Waals surface area contributed by atoms with Crippen LogP contribution < -0.4 is 16.0 Å². The molecule has 100 valence electrons. The predicted octanol–water partition coefficient (Wildman–Crippen LogP) is 1.69. The van der Waals surface area contributed by atoms with Crippen LogP contribution in [0, 0.1) is 6.92 Å². The van der Waals surface area contributed by atoms with Crippen molar-refractivity contribution in [3.63, 3.8) is 0 Å². The molecule has 0 aliphatic heterocycles. The van der Waals surface area contributed by atoms with E-state index >= 15 is 0 Å². The SMILES string of the molecule is Cc1ccc(COc2cccn(CCN)c2=O)cc1. The van der Waals surface area contributed by atoms with E-state index in [0.717, 1.165) is 5.56 Å². The Hall–Kier alpha value is -2.07. The van der Waals surface area contributed by atoms with Crippen LogP contribution in [0.2, 0.25) is 0 Å². The summed E-state index contributed by atoms with van der Waals surface area (Å²) in [5.74, 6) is 0.358. The van der Waals surface area contributed by atoms with Gasteiger partial charge in [-0.05, 0) is 24.6 Å². The summed E-state index contributed by atoms with van der Waals surface area (Å²) >= 11 is 0. The highest BCUT2D eigenvalue weighted by molar-refractivity contribution is 5.22. The summed E-state index contributed by atoms with van der Waals surface area (Å²) < 4.78 is 7.14. The van der Waals surface area contributed by atoms with Crippen LogP contribution in [0.25, 0.3) is 0 Å². The fourth-order valence-electron chi connectivity index (χ4n) is 1.79. The summed E-state index contributed by atoms with van der Waals surface area (Å²) in [5, 5.41) is 0. The number of aromatic nitrogens is 1. The van der Waals surface area contributed by atoms with Crippen molar-refractivity contribution in [1.29, 1.82) is 0 Å². The zero-order valence-corrected chi connectivity index (χ0v) is 11.0. The van der Waals surface area contributed by atoms with E-state index in [4.69, 9.17) is 10.5 Å². The van der Waals surface area contributed by atoms with Gasteiger partial charge in [0, 0.05) is 19.3 Å². The molecule has 0 unspecified atom stereocenters. The molecule has 4 nitrogen and oxygen atoms in total. The summed E-state index contributed by atoms with van der Waals surface area (Å²) in [6, 6.07) is 11.5. The van der Waals surface area contributed by atoms with Crippen LogP contribution in [-0.2, 0) is 13.2 Å². The summed E-state index contributed by atoms with van der Waals surface area (Å²) in [4.78, 5) is 12.0. The van der Waals surface area contributed by atoms with Gasteiger partial charge in [0.2, 0.25) is 0 Å². The number of benzene rings is 1. The number of hydrogen-bond donors (Lipinski definition) is 1. The van der Waals surface area contributed by atoms with Crippen LogP contribution in [0.4, 0.5) is 0 Å². The fraction of sp³-hybridized carbons (Fsp3) is 0.267. The number of aryl methyl sites for hydroxylation is 1. The molecule has 19 heavy (non-hydrogen) atoms. The van der Waals surface area contributed by atoms with E-state index in [9.17, 15) is 4.79 Å². The number of pyridine rings is 1. The summed E-state index contributed by atoms with van der Waals surface area (Å²) in [5.41, 5.74) is 7.56. The summed E-state index contributed by atoms with van der Waals surface area (Å²) in [7, 11) is 0. The molecule has 0 aliphatic carbocycles. The van der Waals surface area contributed by atoms with E-state index in [-0.39, 0.29) is 5.56 Å². The van der Waals surface area contributed by atoms with Gasteiger partial charge in [0.25, 0.3) is 5.56 Å². The van der Waals surface area contributed by atoms with E-state index in [0.29, 0.717) is 25.4 Å². The Kier molecular flexibility index (Phi) is 4.36. The lowest BCUT2D eigenvalue weighted by Gasteiger charge is -2.09. The van der Waals surface area contributed by atoms with Gasteiger partial charge in [0.15, 0.2) is 5.75 Å². The van der Waals surface area contributed by atoms with Crippen molar-refractivity contribution in [2.75, 3.05) is 6.54 Å². The van der Waals surface area contributed by atoms with Crippen molar-refractivity contribution in [2.24, 2.45) is 5.73 Å². The van der Waals surface area contributed by atoms with Gasteiger partial charge in [0.05, 0.1) is 0 Å². The molecule has 2 aromatic rings. The highest BCUT2D eigenvalue weighted by Gasteiger charge is 2.04. The van der Waals surface area contributed by atoms with Gasteiger partial charge in [-0.2, -0.15) is 0 Å². The molecule has 0 amide bonds. The second-order valence-electron chi connectivity index (χ2n) is 4.43. The van der Waals surface area contributed by atoms with E-state index in [2.05, 4.69) is 0 Å². The van der Waals surface area contributed by atoms with Crippen LogP contribution in [0.1, 0.15) is 11.1 Å². The molecule has 4 heteroatoms. The molecule has 1 heterocycles. The van der Waals surface area contributed by atoms with E-state index in [1.165, 1.54) is 5.56 Å². The van der Waals surface area contributed by atoms with Crippen molar-refractivity contribution in [1.82, 2.24) is 4.57 Å². The molecule has 0 atom stereocenters. The molecule has 1 aromatic heterocycles. The van der Waals surface area contributed by atoms with E-state index in [1.807, 2.05) is 31.2 Å². The highest BCUT2D eigenvalue weighted by atomic mass is 16.5. The zero-order valence-electron chi connectivity index (χ0n) is 11.0. The van der Waals surface area contributed by atoms with Gasteiger partial charge in [-0.25, -0.2) is 0 Å². The Morgan fingerprint density at radius 3 is 2.63 bits per heavy atom. The first-order valence-electron chi connectivity index (χ1n) is 6.28. The van der Waals surface area contributed by atoms with Gasteiger partial charge in [-0.3, -0.25) is 4.79 Å². The molecule has 0 saturated carbocycles. The van der Waals surface area contributed by atoms with E-state index < -0.39 is 0 Å². The van der Waals surface area contributed by atoms with Gasteiger partial charge < -0.3 is 15.0 Å². The van der Waals surface area contributed by atoms with Gasteiger partial charge in [0.1, 0.15) is 6.61 Å². The van der Waals surface area contributed by atoms with Crippen LogP contribution in [0.3, 0.4) is 0 Å². The number of hydrogen-bond acceptors (Lipinski definition) is 3. The molecule has 0 bridgehead atoms. The van der Waals surface area contributed by atoms with Crippen LogP contribution in [0.15, 0.2) is 47.4 Å². The van der Waals surface area contributed by atoms with Gasteiger partial charge >= 0.3 is 0 Å². The number of nitrogens with zero attached hydrogens (tertiary/aromatic N) is 1. The smallest absolute Gasteiger partial charge is 0.292 e. The summed E-state index contributed by atoms with van der Waals surface area (Å²) in [6.07, 6.45) is 1.72. The first-order chi connectivity index (χ1) is 9.20. The Bertz CT molecular complexity index is 588. The summed E-state index contributed by atoms with van der Waals surface area (Å²) in [6.45, 7) is 3.36. The average Bonchev–Trinajstić information content (AvgIpc) is 2.42. The molecule has 0 saturated heterocycles. The van der Waals surface area contributed by atoms with Crippen LogP contribution in [0.5, 0.6) is 5.75 Å². The van der Waals surface area contributed by atoms with E-state index in [1.54, 1.807) is 22.9 Å². The van der Waals surface area contributed by atoms with Gasteiger partial charge in [-0.15, -0.1) is 0 Å². The fourth-order valence-corrected chi connectivity index (χ4v) is 1.79. The lowest BCUT2D eigenvalue weighted by Crippen LogP contribution is -2.24. The molecular weight excluding hydrogens is 240 g/mol. The Balaban J connectivity index is 2.09. The largest absolute Gasteiger partial charge is 0.483 e. The lowest BCUT2D eigenvalue weighted by molar-refractivity contribution is 0.299. The van der Waals surface area contributed by atoms with Crippen molar-refractivity contribution in [3.8, 4) is 5.75 Å². The molecule has 2 rings (SSSR count). The predicted molar refractivity (Wildman–Crippen MR) is 75.3 cm³/mol. The lowest BCUT2D eigenvalue weighted by atomic mass is 10.2. The normalized spacial score (nSPS) is 10.4. The van der Waals surface area contributed by atoms with Crippen molar-refractivity contribution in [3.05, 3.63) is 64.1 Å². The maximum Gasteiger partial charge on any atom is 0.292 e. The van der Waals surface area contributed by atoms with Crippen molar-refractivity contribution < 1.29 is 4.74 Å². The van der Waals surface area contributed by atoms with Crippen molar-refractivity contribution >= 4 is 0 Å². The number of ether oxygens (including phenoxy) is 1. The maximum absolute atomic E-state index is 12.0. The van der Waals surface area contributed by atoms with Crippen LogP contribution in [-0.4, -0.2) is 11.1 Å². The second kappa shape index (κ2) is 6.20. The topological polar surface area (TPSA) is 57.2 Å². The minimum Gasteiger partial charge on any atom is -0.483 e. The Morgan fingerprint density at radius 2 is 1.95 bits per heavy atom. The molecular formula is C15H18N2O2. The number of rotatable bonds is 5. The van der Waals surface area contributed by atoms with Crippen molar-refractivity contribution in [2.45, 2.75) is 20.1 Å². The zero-order chi connectivity index (χ0) is 13.7. The second-order valence-corrected chi connectivity index (χ2v) is 4.43. The standard InChI is InChI=1S/C15H18N2O2/c1-12-4-6-13(7-5-12)11-19-14-3-2-9-17(10-8-16)15(14)18/h2-7,9H,8,10-11,16H2,1H3. The third kappa shape index (κ3) is 3.45. The highest BCUT2D eigenvalue weighted by Crippen LogP contribution is 2.08. The molecule has 0 aliphatic rings. The Labute approximate surface area is 112 Å². The third-order valence-corrected chi connectivity index (χ3v) is 2.87. The quantitative estimate of drug-likeness (QED) is 0.888. The first-order valence-corrected chi connectivity index (χ1v) is 6.28. The van der Waals surface area contributed by atoms with Gasteiger partial charge in [-0.1, -0.05) is 29.8 Å². The average molecular weight is 258 g/mol. The minimum absolute atomic E-state index is 0.139. The Morgan fingerprint density at radius 1 is 1.21 bits per heavy atom. The molecule has 0 spiro atoms. The minimum atomic E-state index is -0.139. The molecule has 2 N–H and O–H groups in total. The molecule has 1 aromatic carbocycles. The molecule has 0 fully saturated rings. The molecule has 0 radical (unpaired) electrons. The first kappa shape index (κ1) is 13.4. The monoisotopic (exact) mass is 258 g/mol. The number of nitrogens with two attached hydrogens (primary N) is 1. The third-order valence-electron chi connectivity index (χ3n) is 2.87. The maximum atomic E-state index is 12.0. The van der Waals surface area contributed by atoms with Crippen LogP contribution >= 0.6 is 0 Å².